The Labute approximate surface area is 146 Å². The van der Waals surface area contributed by atoms with Crippen molar-refractivity contribution in [3.8, 4) is 0 Å². The fraction of sp³-hybridized carbons (Fsp3) is 0.125. The van der Waals surface area contributed by atoms with Crippen molar-refractivity contribution in [1.29, 1.82) is 0 Å². The molecule has 3 rings (SSSR count). The first kappa shape index (κ1) is 16.5. The van der Waals surface area contributed by atoms with E-state index in [1.165, 1.54) is 11.0 Å². The van der Waals surface area contributed by atoms with Gasteiger partial charge in [0.1, 0.15) is 12.4 Å². The standard InChI is InChI=1S/C16H11Cl2FN2O3/c17-12-8-13(18)14(19)7-11(12)15(22)20-9-1-3-10(4-2-9)21-5-6-24-16(21)23/h1-4,7-8H,5-6H2,(H,20,22). The zero-order valence-corrected chi connectivity index (χ0v) is 13.7. The molecule has 1 heterocycles. The number of halogens is 3. The summed E-state index contributed by atoms with van der Waals surface area (Å²) in [6.45, 7) is 0.822. The summed E-state index contributed by atoms with van der Waals surface area (Å²) in [4.78, 5) is 25.2. The van der Waals surface area contributed by atoms with Crippen molar-refractivity contribution in [3.63, 3.8) is 0 Å². The minimum Gasteiger partial charge on any atom is -0.447 e. The van der Waals surface area contributed by atoms with Gasteiger partial charge in [-0.1, -0.05) is 23.2 Å². The van der Waals surface area contributed by atoms with Crippen LogP contribution >= 0.6 is 23.2 Å². The van der Waals surface area contributed by atoms with Crippen LogP contribution < -0.4 is 10.2 Å². The van der Waals surface area contributed by atoms with Gasteiger partial charge in [0, 0.05) is 11.4 Å². The van der Waals surface area contributed by atoms with Crippen LogP contribution in [0.25, 0.3) is 0 Å². The van der Waals surface area contributed by atoms with Gasteiger partial charge in [-0.05, 0) is 36.4 Å². The van der Waals surface area contributed by atoms with Crippen LogP contribution in [-0.4, -0.2) is 25.2 Å². The molecular weight excluding hydrogens is 358 g/mol. The summed E-state index contributed by atoms with van der Waals surface area (Å²) in [5.41, 5.74) is 1.11. The lowest BCUT2D eigenvalue weighted by atomic mass is 10.2. The molecule has 1 aliphatic rings. The highest BCUT2D eigenvalue weighted by atomic mass is 35.5. The molecule has 8 heteroatoms. The highest BCUT2D eigenvalue weighted by Gasteiger charge is 2.23. The van der Waals surface area contributed by atoms with Gasteiger partial charge in [0.05, 0.1) is 22.2 Å². The van der Waals surface area contributed by atoms with Gasteiger partial charge in [0.2, 0.25) is 0 Å². The fourth-order valence-electron chi connectivity index (χ4n) is 2.25. The number of nitrogens with zero attached hydrogens (tertiary/aromatic N) is 1. The number of cyclic esters (lactones) is 1. The van der Waals surface area contributed by atoms with Crippen LogP contribution in [0.1, 0.15) is 10.4 Å². The maximum Gasteiger partial charge on any atom is 0.414 e. The zero-order chi connectivity index (χ0) is 17.3. The molecule has 1 saturated heterocycles. The average Bonchev–Trinajstić information content (AvgIpc) is 2.97. The van der Waals surface area contributed by atoms with Crippen molar-refractivity contribution in [3.05, 3.63) is 57.8 Å². The van der Waals surface area contributed by atoms with Crippen molar-refractivity contribution < 1.29 is 18.7 Å². The molecule has 0 aromatic heterocycles. The first-order valence-electron chi connectivity index (χ1n) is 6.96. The smallest absolute Gasteiger partial charge is 0.414 e. The van der Waals surface area contributed by atoms with E-state index in [1.807, 2.05) is 0 Å². The number of hydrogen-bond donors (Lipinski definition) is 1. The Morgan fingerprint density at radius 3 is 2.50 bits per heavy atom. The van der Waals surface area contributed by atoms with Gasteiger partial charge in [-0.2, -0.15) is 0 Å². The fourth-order valence-corrected chi connectivity index (χ4v) is 2.72. The summed E-state index contributed by atoms with van der Waals surface area (Å²) in [5, 5.41) is 2.50. The van der Waals surface area contributed by atoms with Crippen LogP contribution in [0.2, 0.25) is 10.0 Å². The molecule has 0 spiro atoms. The third kappa shape index (κ3) is 3.29. The molecule has 5 nitrogen and oxygen atoms in total. The Kier molecular flexibility index (Phi) is 4.59. The predicted molar refractivity (Wildman–Crippen MR) is 89.5 cm³/mol. The first-order valence-corrected chi connectivity index (χ1v) is 7.71. The lowest BCUT2D eigenvalue weighted by molar-refractivity contribution is 0.102. The van der Waals surface area contributed by atoms with E-state index in [0.717, 1.165) is 6.07 Å². The van der Waals surface area contributed by atoms with Crippen LogP contribution in [0, 0.1) is 5.82 Å². The van der Waals surface area contributed by atoms with Gasteiger partial charge in [-0.3, -0.25) is 9.69 Å². The largest absolute Gasteiger partial charge is 0.447 e. The van der Waals surface area contributed by atoms with E-state index >= 15 is 0 Å². The molecule has 0 saturated carbocycles. The second-order valence-corrected chi connectivity index (χ2v) is 5.83. The molecule has 124 valence electrons. The van der Waals surface area contributed by atoms with E-state index in [1.54, 1.807) is 24.3 Å². The molecule has 1 fully saturated rings. The predicted octanol–water partition coefficient (Wildman–Crippen LogP) is 4.34. The van der Waals surface area contributed by atoms with Gasteiger partial charge in [0.15, 0.2) is 0 Å². The molecule has 0 radical (unpaired) electrons. The molecule has 1 aliphatic heterocycles. The van der Waals surface area contributed by atoms with E-state index in [4.69, 9.17) is 27.9 Å². The van der Waals surface area contributed by atoms with Gasteiger partial charge in [0.25, 0.3) is 5.91 Å². The third-order valence-electron chi connectivity index (χ3n) is 3.45. The van der Waals surface area contributed by atoms with Crippen LogP contribution in [0.4, 0.5) is 20.6 Å². The van der Waals surface area contributed by atoms with Crippen molar-refractivity contribution in [1.82, 2.24) is 0 Å². The highest BCUT2D eigenvalue weighted by Crippen LogP contribution is 2.26. The Balaban J connectivity index is 1.75. The number of hydrogen-bond acceptors (Lipinski definition) is 3. The molecule has 0 aliphatic carbocycles. The van der Waals surface area contributed by atoms with E-state index in [2.05, 4.69) is 5.32 Å². The monoisotopic (exact) mass is 368 g/mol. The molecule has 0 bridgehead atoms. The van der Waals surface area contributed by atoms with E-state index < -0.39 is 17.8 Å². The van der Waals surface area contributed by atoms with Crippen LogP contribution in [0.3, 0.4) is 0 Å². The summed E-state index contributed by atoms with van der Waals surface area (Å²) in [6, 6.07) is 8.75. The number of nitrogens with one attached hydrogen (secondary N) is 1. The normalized spacial score (nSPS) is 13.8. The number of amides is 2. The number of ether oxygens (including phenoxy) is 1. The minimum absolute atomic E-state index is 0.0224. The topological polar surface area (TPSA) is 58.6 Å². The van der Waals surface area contributed by atoms with Gasteiger partial charge >= 0.3 is 6.09 Å². The summed E-state index contributed by atoms with van der Waals surface area (Å²) < 4.78 is 18.4. The quantitative estimate of drug-likeness (QED) is 0.819. The third-order valence-corrected chi connectivity index (χ3v) is 4.05. The van der Waals surface area contributed by atoms with E-state index in [0.29, 0.717) is 24.5 Å². The number of benzene rings is 2. The van der Waals surface area contributed by atoms with Crippen molar-refractivity contribution >= 4 is 46.6 Å². The average molecular weight is 369 g/mol. The maximum atomic E-state index is 13.5. The van der Waals surface area contributed by atoms with Crippen molar-refractivity contribution in [2.75, 3.05) is 23.4 Å². The second-order valence-electron chi connectivity index (χ2n) is 5.01. The Morgan fingerprint density at radius 2 is 1.88 bits per heavy atom. The molecule has 0 atom stereocenters. The summed E-state index contributed by atoms with van der Waals surface area (Å²) in [6.07, 6.45) is -0.407. The second kappa shape index (κ2) is 6.67. The van der Waals surface area contributed by atoms with E-state index in [-0.39, 0.29) is 15.6 Å². The summed E-state index contributed by atoms with van der Waals surface area (Å²) in [5.74, 6) is -1.29. The number of carbonyl (C=O) groups is 2. The van der Waals surface area contributed by atoms with Crippen molar-refractivity contribution in [2.24, 2.45) is 0 Å². The molecule has 1 N–H and O–H groups in total. The maximum absolute atomic E-state index is 13.5. The number of anilines is 2. The molecule has 2 aromatic rings. The number of rotatable bonds is 3. The first-order chi connectivity index (χ1) is 11.5. The Morgan fingerprint density at radius 1 is 1.17 bits per heavy atom. The molecule has 24 heavy (non-hydrogen) atoms. The van der Waals surface area contributed by atoms with Crippen LogP contribution in [0.5, 0.6) is 0 Å². The SMILES string of the molecule is O=C(Nc1ccc(N2CCOC2=O)cc1)c1cc(F)c(Cl)cc1Cl. The molecule has 0 unspecified atom stereocenters. The summed E-state index contributed by atoms with van der Waals surface area (Å²) >= 11 is 11.5. The zero-order valence-electron chi connectivity index (χ0n) is 12.2. The van der Waals surface area contributed by atoms with Gasteiger partial charge < -0.3 is 10.1 Å². The molecular formula is C16H11Cl2FN2O3. The highest BCUT2D eigenvalue weighted by molar-refractivity contribution is 6.37. The van der Waals surface area contributed by atoms with Gasteiger partial charge in [-0.15, -0.1) is 0 Å². The lowest BCUT2D eigenvalue weighted by Gasteiger charge is -2.13. The van der Waals surface area contributed by atoms with Gasteiger partial charge in [-0.25, -0.2) is 9.18 Å². The summed E-state index contributed by atoms with van der Waals surface area (Å²) in [7, 11) is 0. The molecule has 2 aromatic carbocycles. The molecule has 2 amide bonds. The van der Waals surface area contributed by atoms with E-state index in [9.17, 15) is 14.0 Å². The minimum atomic E-state index is -0.728. The van der Waals surface area contributed by atoms with Crippen molar-refractivity contribution in [2.45, 2.75) is 0 Å². The number of carbonyl (C=O) groups excluding carboxylic acids is 2. The van der Waals surface area contributed by atoms with Crippen LogP contribution in [-0.2, 0) is 4.74 Å². The Bertz CT molecular complexity index is 812. The lowest BCUT2D eigenvalue weighted by Crippen LogP contribution is -2.23. The Hall–Kier alpha value is -2.31. The van der Waals surface area contributed by atoms with Crippen LogP contribution in [0.15, 0.2) is 36.4 Å².